The lowest BCUT2D eigenvalue weighted by atomic mass is 10.2. The van der Waals surface area contributed by atoms with Gasteiger partial charge in [-0.3, -0.25) is 13.9 Å². The molecule has 0 saturated carbocycles. The molecule has 0 unspecified atom stereocenters. The standard InChI is InChI=1S/C20H26ClN5O3/c1-5-10-25-17-16(24(3)19(22-17)23(2)11-12-29-4)18(27)26(20(25)28)13-14-6-8-15(21)9-7-14/h6-9H,5,10-13H2,1-4H3. The molecule has 2 heterocycles. The lowest BCUT2D eigenvalue weighted by Crippen LogP contribution is -2.40. The number of halogens is 1. The average Bonchev–Trinajstić information content (AvgIpc) is 3.05. The van der Waals surface area contributed by atoms with E-state index in [-0.39, 0.29) is 17.8 Å². The highest BCUT2D eigenvalue weighted by Gasteiger charge is 2.21. The van der Waals surface area contributed by atoms with Gasteiger partial charge in [-0.05, 0) is 24.1 Å². The molecule has 29 heavy (non-hydrogen) atoms. The third-order valence-corrected chi connectivity index (χ3v) is 5.14. The molecule has 0 fully saturated rings. The maximum Gasteiger partial charge on any atom is 0.333 e. The third kappa shape index (κ3) is 4.09. The monoisotopic (exact) mass is 419 g/mol. The van der Waals surface area contributed by atoms with E-state index in [1.807, 2.05) is 31.0 Å². The molecule has 0 radical (unpaired) electrons. The number of rotatable bonds is 8. The van der Waals surface area contributed by atoms with Crippen molar-refractivity contribution in [3.8, 4) is 0 Å². The minimum Gasteiger partial charge on any atom is -0.383 e. The highest BCUT2D eigenvalue weighted by atomic mass is 35.5. The first kappa shape index (κ1) is 21.1. The highest BCUT2D eigenvalue weighted by molar-refractivity contribution is 6.30. The van der Waals surface area contributed by atoms with Crippen molar-refractivity contribution in [2.24, 2.45) is 7.05 Å². The summed E-state index contributed by atoms with van der Waals surface area (Å²) >= 11 is 5.95. The summed E-state index contributed by atoms with van der Waals surface area (Å²) in [5.41, 5.74) is 0.940. The van der Waals surface area contributed by atoms with Gasteiger partial charge in [-0.15, -0.1) is 0 Å². The van der Waals surface area contributed by atoms with E-state index in [2.05, 4.69) is 4.98 Å². The van der Waals surface area contributed by atoms with Gasteiger partial charge >= 0.3 is 5.69 Å². The van der Waals surface area contributed by atoms with Crippen molar-refractivity contribution in [2.45, 2.75) is 26.4 Å². The van der Waals surface area contributed by atoms with E-state index in [0.717, 1.165) is 12.0 Å². The van der Waals surface area contributed by atoms with E-state index < -0.39 is 0 Å². The summed E-state index contributed by atoms with van der Waals surface area (Å²) < 4.78 is 9.73. The van der Waals surface area contributed by atoms with E-state index in [4.69, 9.17) is 16.3 Å². The average molecular weight is 420 g/mol. The zero-order chi connectivity index (χ0) is 21.1. The Labute approximate surface area is 173 Å². The van der Waals surface area contributed by atoms with Gasteiger partial charge < -0.3 is 14.2 Å². The van der Waals surface area contributed by atoms with E-state index in [9.17, 15) is 9.59 Å². The maximum atomic E-state index is 13.3. The van der Waals surface area contributed by atoms with Crippen LogP contribution < -0.4 is 16.1 Å². The molecule has 1 aromatic carbocycles. The van der Waals surface area contributed by atoms with E-state index in [1.54, 1.807) is 35.4 Å². The molecule has 0 N–H and O–H groups in total. The fourth-order valence-corrected chi connectivity index (χ4v) is 3.48. The first-order valence-electron chi connectivity index (χ1n) is 9.53. The van der Waals surface area contributed by atoms with Crippen molar-refractivity contribution in [1.82, 2.24) is 18.7 Å². The summed E-state index contributed by atoms with van der Waals surface area (Å²) in [7, 11) is 5.31. The van der Waals surface area contributed by atoms with Crippen molar-refractivity contribution >= 4 is 28.7 Å². The fourth-order valence-electron chi connectivity index (χ4n) is 3.36. The summed E-state index contributed by atoms with van der Waals surface area (Å²) in [4.78, 5) is 33.0. The van der Waals surface area contributed by atoms with Crippen LogP contribution in [-0.4, -0.2) is 46.0 Å². The van der Waals surface area contributed by atoms with Crippen LogP contribution in [0.25, 0.3) is 11.2 Å². The molecule has 8 nitrogen and oxygen atoms in total. The summed E-state index contributed by atoms with van der Waals surface area (Å²) in [6.07, 6.45) is 0.750. The fraction of sp³-hybridized carbons (Fsp3) is 0.450. The van der Waals surface area contributed by atoms with Crippen molar-refractivity contribution in [3.05, 3.63) is 55.7 Å². The molecular weight excluding hydrogens is 394 g/mol. The second-order valence-electron chi connectivity index (χ2n) is 7.01. The van der Waals surface area contributed by atoms with Gasteiger partial charge in [0.05, 0.1) is 13.2 Å². The first-order chi connectivity index (χ1) is 13.9. The van der Waals surface area contributed by atoms with Crippen LogP contribution >= 0.6 is 11.6 Å². The minimum absolute atomic E-state index is 0.175. The predicted octanol–water partition coefficient (Wildman–Crippen LogP) is 2.09. The van der Waals surface area contributed by atoms with Gasteiger partial charge in [0.1, 0.15) is 0 Å². The molecule has 156 valence electrons. The van der Waals surface area contributed by atoms with Gasteiger partial charge in [-0.1, -0.05) is 30.7 Å². The molecule has 0 atom stereocenters. The van der Waals surface area contributed by atoms with Crippen LogP contribution in [0.2, 0.25) is 5.02 Å². The van der Waals surface area contributed by atoms with E-state index in [1.165, 1.54) is 4.57 Å². The highest BCUT2D eigenvalue weighted by Crippen LogP contribution is 2.18. The Morgan fingerprint density at radius 1 is 1.17 bits per heavy atom. The number of likely N-dealkylation sites (N-methyl/N-ethyl adjacent to an activating group) is 1. The number of anilines is 1. The smallest absolute Gasteiger partial charge is 0.333 e. The van der Waals surface area contributed by atoms with Crippen LogP contribution in [0.4, 0.5) is 5.95 Å². The van der Waals surface area contributed by atoms with Gasteiger partial charge in [0.2, 0.25) is 5.95 Å². The van der Waals surface area contributed by atoms with Crippen LogP contribution in [0.15, 0.2) is 33.9 Å². The van der Waals surface area contributed by atoms with Crippen molar-refractivity contribution in [2.75, 3.05) is 32.2 Å². The second-order valence-corrected chi connectivity index (χ2v) is 7.45. The Balaban J connectivity index is 2.20. The number of ether oxygens (including phenoxy) is 1. The number of hydrogen-bond acceptors (Lipinski definition) is 5. The van der Waals surface area contributed by atoms with Gasteiger partial charge in [-0.2, -0.15) is 4.98 Å². The minimum atomic E-state index is -0.358. The molecule has 0 aliphatic carbocycles. The van der Waals surface area contributed by atoms with Gasteiger partial charge in [0, 0.05) is 39.3 Å². The number of imidazole rings is 1. The van der Waals surface area contributed by atoms with Crippen molar-refractivity contribution in [1.29, 1.82) is 0 Å². The van der Waals surface area contributed by atoms with Crippen LogP contribution in [0.5, 0.6) is 0 Å². The second kappa shape index (κ2) is 8.84. The number of hydrogen-bond donors (Lipinski definition) is 0. The third-order valence-electron chi connectivity index (χ3n) is 4.89. The van der Waals surface area contributed by atoms with Gasteiger partial charge in [0.15, 0.2) is 11.2 Å². The van der Waals surface area contributed by atoms with E-state index >= 15 is 0 Å². The number of nitrogens with zero attached hydrogens (tertiary/aromatic N) is 5. The molecule has 0 aliphatic rings. The maximum absolute atomic E-state index is 13.3. The lowest BCUT2D eigenvalue weighted by Gasteiger charge is -2.17. The Morgan fingerprint density at radius 3 is 2.48 bits per heavy atom. The van der Waals surface area contributed by atoms with Crippen molar-refractivity contribution < 1.29 is 4.74 Å². The van der Waals surface area contributed by atoms with E-state index in [0.29, 0.717) is 41.8 Å². The number of methoxy groups -OCH3 is 1. The molecule has 2 aromatic heterocycles. The molecule has 0 saturated heterocycles. The van der Waals surface area contributed by atoms with Crippen LogP contribution in [0.3, 0.4) is 0 Å². The quantitative estimate of drug-likeness (QED) is 0.559. The largest absolute Gasteiger partial charge is 0.383 e. The first-order valence-corrected chi connectivity index (χ1v) is 9.91. The van der Waals surface area contributed by atoms with Gasteiger partial charge in [-0.25, -0.2) is 4.79 Å². The Morgan fingerprint density at radius 2 is 1.86 bits per heavy atom. The summed E-state index contributed by atoms with van der Waals surface area (Å²) in [5.74, 6) is 0.614. The number of fused-ring (bicyclic) bond motifs is 1. The number of aryl methyl sites for hydroxylation is 2. The zero-order valence-corrected chi connectivity index (χ0v) is 17.9. The van der Waals surface area contributed by atoms with Crippen molar-refractivity contribution in [3.63, 3.8) is 0 Å². The molecule has 0 amide bonds. The molecular formula is C20H26ClN5O3. The van der Waals surface area contributed by atoms with Crippen LogP contribution in [0, 0.1) is 0 Å². The molecule has 0 spiro atoms. The lowest BCUT2D eigenvalue weighted by molar-refractivity contribution is 0.206. The Hall–Kier alpha value is -2.58. The molecule has 3 aromatic rings. The summed E-state index contributed by atoms with van der Waals surface area (Å²) in [6.45, 7) is 3.79. The number of benzene rings is 1. The number of aromatic nitrogens is 4. The normalized spacial score (nSPS) is 11.3. The molecule has 0 bridgehead atoms. The molecule has 3 rings (SSSR count). The summed E-state index contributed by atoms with van der Waals surface area (Å²) in [5, 5.41) is 0.607. The Kier molecular flexibility index (Phi) is 6.44. The predicted molar refractivity (Wildman–Crippen MR) is 115 cm³/mol. The SMILES string of the molecule is CCCn1c(=O)n(Cc2ccc(Cl)cc2)c(=O)c2c1nc(N(C)CCOC)n2C. The van der Waals surface area contributed by atoms with Crippen LogP contribution in [-0.2, 0) is 24.9 Å². The van der Waals surface area contributed by atoms with Crippen LogP contribution in [0.1, 0.15) is 18.9 Å². The topological polar surface area (TPSA) is 74.3 Å². The Bertz CT molecular complexity index is 1110. The summed E-state index contributed by atoms with van der Waals surface area (Å²) in [6, 6.07) is 7.13. The molecule has 9 heteroatoms. The van der Waals surface area contributed by atoms with Gasteiger partial charge in [0.25, 0.3) is 5.56 Å². The zero-order valence-electron chi connectivity index (χ0n) is 17.2. The molecule has 0 aliphatic heterocycles.